The Morgan fingerprint density at radius 1 is 1.35 bits per heavy atom. The monoisotopic (exact) mass is 305 g/mol. The van der Waals surface area contributed by atoms with Crippen molar-refractivity contribution in [2.24, 2.45) is 0 Å². The second-order valence-corrected chi connectivity index (χ2v) is 6.08. The molecule has 0 amide bonds. The van der Waals surface area contributed by atoms with Crippen molar-refractivity contribution in [1.82, 2.24) is 14.8 Å². The molecule has 0 aliphatic carbocycles. The molecule has 0 fully saturated rings. The van der Waals surface area contributed by atoms with E-state index in [1.165, 1.54) is 24.3 Å². The number of ether oxygens (including phenoxy) is 1. The lowest BCUT2D eigenvalue weighted by molar-refractivity contribution is -0.146. The maximum absolute atomic E-state index is 12.5. The molecule has 0 aromatic carbocycles. The number of esters is 1. The zero-order valence-electron chi connectivity index (χ0n) is 11.9. The summed E-state index contributed by atoms with van der Waals surface area (Å²) in [6.45, 7) is 5.50. The molecule has 0 saturated heterocycles. The lowest BCUT2D eigenvalue weighted by Gasteiger charge is -2.22. The van der Waals surface area contributed by atoms with Gasteiger partial charge in [0.1, 0.15) is 18.8 Å². The van der Waals surface area contributed by atoms with Gasteiger partial charge in [0.2, 0.25) is 0 Å². The average Bonchev–Trinajstić information content (AvgIpc) is 2.80. The first-order chi connectivity index (χ1) is 9.49. The van der Waals surface area contributed by atoms with Crippen molar-refractivity contribution in [3.05, 3.63) is 12.7 Å². The topological polar surface area (TPSA) is 92.5 Å². The Kier molecular flexibility index (Phi) is 6.84. The number of nitrogens with zero attached hydrogens (tertiary/aromatic N) is 3. The van der Waals surface area contributed by atoms with Crippen LogP contribution in [0.2, 0.25) is 0 Å². The van der Waals surface area contributed by atoms with E-state index < -0.39 is 19.7 Å². The van der Waals surface area contributed by atoms with Crippen molar-refractivity contribution in [3.63, 3.8) is 0 Å². The van der Waals surface area contributed by atoms with Crippen LogP contribution in [0, 0.1) is 0 Å². The first-order valence-electron chi connectivity index (χ1n) is 6.36. The van der Waals surface area contributed by atoms with Crippen LogP contribution in [0.15, 0.2) is 12.7 Å². The van der Waals surface area contributed by atoms with Crippen molar-refractivity contribution in [3.8, 4) is 0 Å². The molecule has 1 rings (SSSR count). The fourth-order valence-corrected chi connectivity index (χ4v) is 3.45. The van der Waals surface area contributed by atoms with Crippen molar-refractivity contribution in [1.29, 1.82) is 0 Å². The van der Waals surface area contributed by atoms with Crippen LogP contribution in [0.3, 0.4) is 0 Å². The number of carbonyl (C=O) groups excluding carboxylic acids is 1. The zero-order chi connectivity index (χ0) is 15.0. The molecule has 0 aliphatic rings. The molecule has 1 aromatic heterocycles. The van der Waals surface area contributed by atoms with E-state index in [1.54, 1.807) is 13.8 Å². The highest BCUT2D eigenvalue weighted by Crippen LogP contribution is 2.48. The molecule has 20 heavy (non-hydrogen) atoms. The Balaban J connectivity index is 2.75. The third-order valence-corrected chi connectivity index (χ3v) is 4.43. The van der Waals surface area contributed by atoms with Gasteiger partial charge < -0.3 is 13.8 Å². The molecule has 0 spiro atoms. The summed E-state index contributed by atoms with van der Waals surface area (Å²) >= 11 is 0. The van der Waals surface area contributed by atoms with Crippen LogP contribution in [0.25, 0.3) is 0 Å². The molecule has 1 unspecified atom stereocenters. The van der Waals surface area contributed by atoms with Gasteiger partial charge in [0.15, 0.2) is 0 Å². The van der Waals surface area contributed by atoms with E-state index in [0.29, 0.717) is 0 Å². The highest BCUT2D eigenvalue weighted by Gasteiger charge is 2.30. The summed E-state index contributed by atoms with van der Waals surface area (Å²) < 4.78 is 29.5. The number of carbonyl (C=O) groups is 1. The Hall–Kier alpha value is -1.24. The van der Waals surface area contributed by atoms with Crippen LogP contribution in [-0.2, 0) is 29.7 Å². The molecule has 8 nitrogen and oxygen atoms in total. The van der Waals surface area contributed by atoms with Crippen LogP contribution in [-0.4, -0.2) is 46.2 Å². The smallest absolute Gasteiger partial charge is 0.334 e. The summed E-state index contributed by atoms with van der Waals surface area (Å²) in [6.07, 6.45) is 2.19. The first kappa shape index (κ1) is 16.8. The van der Waals surface area contributed by atoms with E-state index in [2.05, 4.69) is 10.1 Å². The lowest BCUT2D eigenvalue weighted by Crippen LogP contribution is -2.27. The Bertz CT molecular complexity index is 441. The number of hydrogen-bond donors (Lipinski definition) is 0. The predicted molar refractivity (Wildman–Crippen MR) is 71.3 cm³/mol. The standard InChI is InChI=1S/C11H20N3O5P/c1-4-17-20(16,18-5-2)7-11(19-10(3)15)6-14-9-12-8-13-14/h8-9,11H,4-7H2,1-3H3. The molecular weight excluding hydrogens is 285 g/mol. The van der Waals surface area contributed by atoms with E-state index in [0.717, 1.165) is 0 Å². The molecular formula is C11H20N3O5P. The minimum atomic E-state index is -3.29. The molecule has 1 aromatic rings. The van der Waals surface area contributed by atoms with Crippen LogP contribution < -0.4 is 0 Å². The highest BCUT2D eigenvalue weighted by molar-refractivity contribution is 7.53. The SMILES string of the molecule is CCOP(=O)(CC(Cn1cncn1)OC(C)=O)OCC. The third kappa shape index (κ3) is 5.81. The van der Waals surface area contributed by atoms with E-state index in [4.69, 9.17) is 13.8 Å². The van der Waals surface area contributed by atoms with Gasteiger partial charge in [0, 0.05) is 6.92 Å². The molecule has 0 N–H and O–H groups in total. The zero-order valence-corrected chi connectivity index (χ0v) is 12.8. The van der Waals surface area contributed by atoms with Gasteiger partial charge in [-0.25, -0.2) is 9.67 Å². The van der Waals surface area contributed by atoms with Gasteiger partial charge in [-0.2, -0.15) is 5.10 Å². The molecule has 0 saturated carbocycles. The fourth-order valence-electron chi connectivity index (χ4n) is 1.69. The predicted octanol–water partition coefficient (Wildman–Crippen LogP) is 1.48. The second kappa shape index (κ2) is 8.14. The summed E-state index contributed by atoms with van der Waals surface area (Å²) in [5, 5.41) is 3.93. The normalized spacial score (nSPS) is 13.2. The van der Waals surface area contributed by atoms with E-state index >= 15 is 0 Å². The second-order valence-electron chi connectivity index (χ2n) is 3.98. The molecule has 0 aliphatic heterocycles. The number of aromatic nitrogens is 3. The van der Waals surface area contributed by atoms with E-state index in [9.17, 15) is 9.36 Å². The van der Waals surface area contributed by atoms with Crippen molar-refractivity contribution >= 4 is 13.6 Å². The minimum absolute atomic E-state index is 0.0197. The maximum atomic E-state index is 12.5. The lowest BCUT2D eigenvalue weighted by atomic mass is 10.4. The van der Waals surface area contributed by atoms with E-state index in [1.807, 2.05) is 0 Å². The Labute approximate surface area is 118 Å². The summed E-state index contributed by atoms with van der Waals surface area (Å²) in [4.78, 5) is 14.9. The van der Waals surface area contributed by atoms with Crippen LogP contribution >= 0.6 is 7.60 Å². The molecule has 114 valence electrons. The molecule has 9 heteroatoms. The van der Waals surface area contributed by atoms with Crippen molar-refractivity contribution < 1.29 is 23.1 Å². The Morgan fingerprint density at radius 3 is 2.45 bits per heavy atom. The van der Waals surface area contributed by atoms with Gasteiger partial charge in [-0.05, 0) is 13.8 Å². The van der Waals surface area contributed by atoms with Gasteiger partial charge in [-0.15, -0.1) is 0 Å². The van der Waals surface area contributed by atoms with Gasteiger partial charge in [0.05, 0.1) is 25.9 Å². The highest BCUT2D eigenvalue weighted by atomic mass is 31.2. The minimum Gasteiger partial charge on any atom is -0.460 e. The summed E-state index contributed by atoms with van der Waals surface area (Å²) in [5.74, 6) is -0.463. The van der Waals surface area contributed by atoms with Crippen molar-refractivity contribution in [2.75, 3.05) is 19.4 Å². The average molecular weight is 305 g/mol. The summed E-state index contributed by atoms with van der Waals surface area (Å²) in [7, 11) is -3.29. The molecule has 1 heterocycles. The third-order valence-electron chi connectivity index (χ3n) is 2.27. The van der Waals surface area contributed by atoms with Crippen molar-refractivity contribution in [2.45, 2.75) is 33.4 Å². The first-order valence-corrected chi connectivity index (χ1v) is 8.09. The Morgan fingerprint density at radius 2 is 2.00 bits per heavy atom. The molecule has 1 atom stereocenters. The van der Waals surface area contributed by atoms with Crippen LogP contribution in [0.1, 0.15) is 20.8 Å². The quantitative estimate of drug-likeness (QED) is 0.504. The van der Waals surface area contributed by atoms with Crippen LogP contribution in [0.5, 0.6) is 0 Å². The number of rotatable bonds is 9. The summed E-state index contributed by atoms with van der Waals surface area (Å²) in [6, 6.07) is 0. The van der Waals surface area contributed by atoms with Gasteiger partial charge in [-0.3, -0.25) is 9.36 Å². The van der Waals surface area contributed by atoms with E-state index in [-0.39, 0.29) is 25.9 Å². The fraction of sp³-hybridized carbons (Fsp3) is 0.727. The molecule has 0 radical (unpaired) electrons. The largest absolute Gasteiger partial charge is 0.460 e. The van der Waals surface area contributed by atoms with Gasteiger partial charge in [-0.1, -0.05) is 0 Å². The van der Waals surface area contributed by atoms with Gasteiger partial charge >= 0.3 is 13.6 Å². The maximum Gasteiger partial charge on any atom is 0.334 e. The summed E-state index contributed by atoms with van der Waals surface area (Å²) in [5.41, 5.74) is 0. The molecule has 0 bridgehead atoms. The number of hydrogen-bond acceptors (Lipinski definition) is 7. The van der Waals surface area contributed by atoms with Gasteiger partial charge in [0.25, 0.3) is 0 Å². The van der Waals surface area contributed by atoms with Crippen LogP contribution in [0.4, 0.5) is 0 Å².